The van der Waals surface area contributed by atoms with Crippen molar-refractivity contribution in [2.75, 3.05) is 19.0 Å². The predicted molar refractivity (Wildman–Crippen MR) is 96.8 cm³/mol. The van der Waals surface area contributed by atoms with Crippen LogP contribution < -0.4 is 4.90 Å². The van der Waals surface area contributed by atoms with Crippen molar-refractivity contribution in [3.63, 3.8) is 0 Å². The van der Waals surface area contributed by atoms with Gasteiger partial charge >= 0.3 is 0 Å². The van der Waals surface area contributed by atoms with E-state index in [-0.39, 0.29) is 0 Å². The molecule has 0 aromatic heterocycles. The van der Waals surface area contributed by atoms with E-state index in [1.807, 2.05) is 62.6 Å². The van der Waals surface area contributed by atoms with Crippen LogP contribution in [-0.4, -0.2) is 14.1 Å². The minimum atomic E-state index is 0.852. The molecule has 3 aromatic carbocycles. The van der Waals surface area contributed by atoms with Crippen molar-refractivity contribution in [3.05, 3.63) is 78.9 Å². The Bertz CT molecular complexity index is 791. The van der Waals surface area contributed by atoms with Gasteiger partial charge in [0.05, 0.1) is 11.4 Å². The van der Waals surface area contributed by atoms with Gasteiger partial charge in [-0.15, -0.1) is 5.11 Å². The van der Waals surface area contributed by atoms with Crippen LogP contribution in [0, 0.1) is 0 Å². The molecule has 3 nitrogen and oxygen atoms in total. The molecule has 0 amide bonds. The normalized spacial score (nSPS) is 10.9. The van der Waals surface area contributed by atoms with Crippen LogP contribution in [0.1, 0.15) is 0 Å². The monoisotopic (exact) mass is 301 g/mol. The Hall–Kier alpha value is -2.94. The first-order valence-corrected chi connectivity index (χ1v) is 7.57. The van der Waals surface area contributed by atoms with Crippen LogP contribution in [0.4, 0.5) is 17.1 Å². The molecule has 0 aliphatic heterocycles. The summed E-state index contributed by atoms with van der Waals surface area (Å²) in [5.41, 5.74) is 5.12. The van der Waals surface area contributed by atoms with Gasteiger partial charge < -0.3 is 4.90 Å². The smallest absolute Gasteiger partial charge is 0.0935 e. The SMILES string of the molecule is CN(C)c1ccc(-c2ccccc2N=Nc2ccccc2)cc1. The Morgan fingerprint density at radius 3 is 2.00 bits per heavy atom. The minimum absolute atomic E-state index is 0.852. The second-order valence-electron chi connectivity index (χ2n) is 5.49. The van der Waals surface area contributed by atoms with Gasteiger partial charge in [0, 0.05) is 25.3 Å². The summed E-state index contributed by atoms with van der Waals surface area (Å²) in [4.78, 5) is 2.09. The zero-order valence-electron chi connectivity index (χ0n) is 13.3. The van der Waals surface area contributed by atoms with Crippen LogP contribution >= 0.6 is 0 Å². The summed E-state index contributed by atoms with van der Waals surface area (Å²) in [5, 5.41) is 8.75. The van der Waals surface area contributed by atoms with Crippen molar-refractivity contribution in [1.29, 1.82) is 0 Å². The van der Waals surface area contributed by atoms with E-state index < -0.39 is 0 Å². The molecule has 0 radical (unpaired) electrons. The van der Waals surface area contributed by atoms with Gasteiger partial charge in [0.2, 0.25) is 0 Å². The third kappa shape index (κ3) is 3.64. The van der Waals surface area contributed by atoms with Crippen molar-refractivity contribution < 1.29 is 0 Å². The molecule has 0 saturated heterocycles. The van der Waals surface area contributed by atoms with E-state index >= 15 is 0 Å². The maximum Gasteiger partial charge on any atom is 0.0935 e. The van der Waals surface area contributed by atoms with Gasteiger partial charge in [-0.05, 0) is 35.9 Å². The van der Waals surface area contributed by atoms with Gasteiger partial charge in [0.15, 0.2) is 0 Å². The van der Waals surface area contributed by atoms with Crippen LogP contribution in [0.15, 0.2) is 89.1 Å². The van der Waals surface area contributed by atoms with E-state index in [1.54, 1.807) is 0 Å². The fourth-order valence-corrected chi connectivity index (χ4v) is 2.35. The zero-order chi connectivity index (χ0) is 16.1. The molecule has 3 aromatic rings. The lowest BCUT2D eigenvalue weighted by Crippen LogP contribution is -2.07. The van der Waals surface area contributed by atoms with E-state index in [0.29, 0.717) is 0 Å². The Morgan fingerprint density at radius 2 is 1.30 bits per heavy atom. The topological polar surface area (TPSA) is 28.0 Å². The molecule has 0 fully saturated rings. The van der Waals surface area contributed by atoms with Gasteiger partial charge in [0.1, 0.15) is 0 Å². The molecule has 0 N–H and O–H groups in total. The lowest BCUT2D eigenvalue weighted by molar-refractivity contribution is 1.13. The van der Waals surface area contributed by atoms with E-state index in [1.165, 1.54) is 5.69 Å². The van der Waals surface area contributed by atoms with E-state index in [4.69, 9.17) is 0 Å². The third-order valence-electron chi connectivity index (χ3n) is 3.63. The Morgan fingerprint density at radius 1 is 0.652 bits per heavy atom. The highest BCUT2D eigenvalue weighted by molar-refractivity contribution is 5.76. The Balaban J connectivity index is 1.93. The first kappa shape index (κ1) is 15.0. The molecule has 0 saturated carbocycles. The third-order valence-corrected chi connectivity index (χ3v) is 3.63. The largest absolute Gasteiger partial charge is 0.378 e. The van der Waals surface area contributed by atoms with Gasteiger partial charge in [-0.1, -0.05) is 48.5 Å². The van der Waals surface area contributed by atoms with Crippen molar-refractivity contribution in [2.24, 2.45) is 10.2 Å². The zero-order valence-corrected chi connectivity index (χ0v) is 13.3. The molecule has 0 aliphatic rings. The second-order valence-corrected chi connectivity index (χ2v) is 5.49. The molecular formula is C20H19N3. The average Bonchev–Trinajstić information content (AvgIpc) is 2.61. The van der Waals surface area contributed by atoms with Crippen LogP contribution in [-0.2, 0) is 0 Å². The minimum Gasteiger partial charge on any atom is -0.378 e. The van der Waals surface area contributed by atoms with Crippen molar-refractivity contribution in [2.45, 2.75) is 0 Å². The summed E-state index contributed by atoms with van der Waals surface area (Å²) in [6.07, 6.45) is 0. The molecule has 3 rings (SSSR count). The summed E-state index contributed by atoms with van der Waals surface area (Å²) in [7, 11) is 4.08. The standard InChI is InChI=1S/C20H19N3/c1-23(2)18-14-12-16(13-15-18)19-10-6-7-11-20(19)22-21-17-8-4-3-5-9-17/h3-15H,1-2H3. The lowest BCUT2D eigenvalue weighted by atomic mass is 10.0. The second kappa shape index (κ2) is 6.88. The number of anilines is 1. The average molecular weight is 301 g/mol. The van der Waals surface area contributed by atoms with Crippen molar-refractivity contribution in [3.8, 4) is 11.1 Å². The van der Waals surface area contributed by atoms with Gasteiger partial charge in [-0.2, -0.15) is 5.11 Å². The summed E-state index contributed by atoms with van der Waals surface area (Å²) in [6, 6.07) is 26.3. The number of benzene rings is 3. The number of rotatable bonds is 4. The molecule has 0 heterocycles. The molecule has 0 spiro atoms. The van der Waals surface area contributed by atoms with Crippen LogP contribution in [0.3, 0.4) is 0 Å². The van der Waals surface area contributed by atoms with E-state index in [2.05, 4.69) is 45.5 Å². The molecule has 114 valence electrons. The maximum atomic E-state index is 4.42. The molecule has 0 bridgehead atoms. The molecule has 0 atom stereocenters. The van der Waals surface area contributed by atoms with E-state index in [9.17, 15) is 0 Å². The van der Waals surface area contributed by atoms with Crippen LogP contribution in [0.25, 0.3) is 11.1 Å². The van der Waals surface area contributed by atoms with Crippen molar-refractivity contribution >= 4 is 17.1 Å². The number of azo groups is 1. The highest BCUT2D eigenvalue weighted by Gasteiger charge is 2.04. The predicted octanol–water partition coefficient (Wildman–Crippen LogP) is 5.84. The molecule has 0 aliphatic carbocycles. The highest BCUT2D eigenvalue weighted by atomic mass is 15.1. The molecule has 23 heavy (non-hydrogen) atoms. The van der Waals surface area contributed by atoms with E-state index in [0.717, 1.165) is 22.5 Å². The number of nitrogens with zero attached hydrogens (tertiary/aromatic N) is 3. The van der Waals surface area contributed by atoms with Crippen LogP contribution in [0.5, 0.6) is 0 Å². The lowest BCUT2D eigenvalue weighted by Gasteiger charge is -2.13. The van der Waals surface area contributed by atoms with Gasteiger partial charge in [-0.25, -0.2) is 0 Å². The van der Waals surface area contributed by atoms with Gasteiger partial charge in [-0.3, -0.25) is 0 Å². The first-order chi connectivity index (χ1) is 11.2. The number of hydrogen-bond donors (Lipinski definition) is 0. The summed E-state index contributed by atoms with van der Waals surface area (Å²) in [6.45, 7) is 0. The molecular weight excluding hydrogens is 282 g/mol. The quantitative estimate of drug-likeness (QED) is 0.557. The number of hydrogen-bond acceptors (Lipinski definition) is 3. The fraction of sp³-hybridized carbons (Fsp3) is 0.100. The summed E-state index contributed by atoms with van der Waals surface area (Å²) >= 11 is 0. The Labute approximate surface area is 136 Å². The molecule has 3 heteroatoms. The first-order valence-electron chi connectivity index (χ1n) is 7.57. The fourth-order valence-electron chi connectivity index (χ4n) is 2.35. The highest BCUT2D eigenvalue weighted by Crippen LogP contribution is 2.32. The van der Waals surface area contributed by atoms with Crippen molar-refractivity contribution in [1.82, 2.24) is 0 Å². The Kier molecular flexibility index (Phi) is 4.48. The maximum absolute atomic E-state index is 4.42. The van der Waals surface area contributed by atoms with Crippen LogP contribution in [0.2, 0.25) is 0 Å². The summed E-state index contributed by atoms with van der Waals surface area (Å²) < 4.78 is 0. The molecule has 0 unspecified atom stereocenters. The van der Waals surface area contributed by atoms with Gasteiger partial charge in [0.25, 0.3) is 0 Å². The summed E-state index contributed by atoms with van der Waals surface area (Å²) in [5.74, 6) is 0.